The van der Waals surface area contributed by atoms with Crippen molar-refractivity contribution < 1.29 is 14.3 Å². The van der Waals surface area contributed by atoms with E-state index in [-0.39, 0.29) is 18.4 Å². The van der Waals surface area contributed by atoms with Crippen LogP contribution in [0.15, 0.2) is 51.6 Å². The van der Waals surface area contributed by atoms with Crippen LogP contribution < -0.4 is 5.32 Å². The molecule has 7 heteroatoms. The van der Waals surface area contributed by atoms with E-state index in [1.165, 1.54) is 24.4 Å². The van der Waals surface area contributed by atoms with Gasteiger partial charge in [-0.2, -0.15) is 0 Å². The molecule has 0 saturated carbocycles. The van der Waals surface area contributed by atoms with Gasteiger partial charge < -0.3 is 15.0 Å². The van der Waals surface area contributed by atoms with Gasteiger partial charge in [0, 0.05) is 12.2 Å². The first-order chi connectivity index (χ1) is 14.7. The molecule has 166 valence electrons. The van der Waals surface area contributed by atoms with Gasteiger partial charge in [0.2, 0.25) is 5.91 Å². The monoisotopic (exact) mass is 441 g/mol. The summed E-state index contributed by atoms with van der Waals surface area (Å²) in [6.07, 6.45) is 0.229. The smallest absolute Gasteiger partial charge is 0.338 e. The van der Waals surface area contributed by atoms with Crippen LogP contribution in [-0.2, 0) is 14.3 Å². The quantitative estimate of drug-likeness (QED) is 0.620. The highest BCUT2D eigenvalue weighted by Gasteiger charge is 2.40. The van der Waals surface area contributed by atoms with Crippen LogP contribution in [0.2, 0.25) is 0 Å². The summed E-state index contributed by atoms with van der Waals surface area (Å²) in [4.78, 5) is 31.9. The summed E-state index contributed by atoms with van der Waals surface area (Å²) in [6.45, 7) is 10.9. The van der Waals surface area contributed by atoms with Gasteiger partial charge in [0.15, 0.2) is 5.17 Å². The van der Waals surface area contributed by atoms with Gasteiger partial charge in [0.25, 0.3) is 0 Å². The van der Waals surface area contributed by atoms with Gasteiger partial charge in [-0.15, -0.1) is 0 Å². The largest absolute Gasteiger partial charge is 0.466 e. The lowest BCUT2D eigenvalue weighted by Crippen LogP contribution is -2.38. The van der Waals surface area contributed by atoms with E-state index < -0.39 is 5.97 Å². The Morgan fingerprint density at radius 2 is 1.87 bits per heavy atom. The van der Waals surface area contributed by atoms with Crippen molar-refractivity contribution in [2.24, 2.45) is 10.9 Å². The summed E-state index contributed by atoms with van der Waals surface area (Å²) < 4.78 is 5.11. The normalized spacial score (nSPS) is 18.2. The van der Waals surface area contributed by atoms with E-state index >= 15 is 0 Å². The van der Waals surface area contributed by atoms with E-state index in [1.54, 1.807) is 0 Å². The molecule has 2 aliphatic heterocycles. The molecule has 0 bridgehead atoms. The van der Waals surface area contributed by atoms with Crippen molar-refractivity contribution in [1.29, 1.82) is 0 Å². The van der Waals surface area contributed by atoms with E-state index in [0.717, 1.165) is 16.4 Å². The van der Waals surface area contributed by atoms with Crippen molar-refractivity contribution in [2.75, 3.05) is 13.7 Å². The Morgan fingerprint density at radius 1 is 1.19 bits per heavy atom. The second-order valence-corrected chi connectivity index (χ2v) is 9.42. The van der Waals surface area contributed by atoms with E-state index in [0.29, 0.717) is 29.7 Å². The molecule has 0 fully saturated rings. The zero-order valence-electron chi connectivity index (χ0n) is 19.1. The Bertz CT molecular complexity index is 945. The fourth-order valence-electron chi connectivity index (χ4n) is 3.66. The molecule has 1 unspecified atom stereocenters. The molecule has 2 aliphatic rings. The lowest BCUT2D eigenvalue weighted by molar-refractivity contribution is -0.136. The molecule has 1 N–H and O–H groups in total. The number of thioether (sulfide) groups is 1. The zero-order valence-corrected chi connectivity index (χ0v) is 19.9. The average molecular weight is 442 g/mol. The first kappa shape index (κ1) is 23.1. The first-order valence-corrected chi connectivity index (χ1v) is 11.5. The van der Waals surface area contributed by atoms with Crippen LogP contribution in [0.5, 0.6) is 0 Å². The van der Waals surface area contributed by atoms with Crippen molar-refractivity contribution in [3.63, 3.8) is 0 Å². The molecule has 1 atom stereocenters. The Morgan fingerprint density at radius 3 is 2.45 bits per heavy atom. The van der Waals surface area contributed by atoms with Crippen molar-refractivity contribution in [2.45, 2.75) is 53.0 Å². The number of nitrogens with one attached hydrogen (secondary N) is 1. The third-order valence-corrected chi connectivity index (χ3v) is 6.26. The number of methoxy groups -OCH3 is 1. The molecule has 0 aromatic heterocycles. The number of ether oxygens (including phenoxy) is 1. The van der Waals surface area contributed by atoms with Crippen molar-refractivity contribution in [1.82, 2.24) is 10.2 Å². The summed E-state index contributed by atoms with van der Waals surface area (Å²) in [5, 5.41) is 5.70. The number of allylic oxidation sites excluding steroid dienone is 1. The molecular formula is C24H31N3O3S. The molecule has 3 rings (SSSR count). The van der Waals surface area contributed by atoms with E-state index in [4.69, 9.17) is 4.74 Å². The van der Waals surface area contributed by atoms with E-state index in [9.17, 15) is 9.59 Å². The third kappa shape index (κ3) is 5.03. The Balaban J connectivity index is 1.98. The Kier molecular flexibility index (Phi) is 7.26. The highest BCUT2D eigenvalue weighted by molar-refractivity contribution is 8.16. The SMILES string of the molecule is COC(=O)C1=C(C)N=C2SC=C(CC(=O)NCC(C)C)N2C1c1ccc(C(C)C)cc1. The number of fused-ring (bicyclic) bond motifs is 1. The number of nitrogens with zero attached hydrogens (tertiary/aromatic N) is 2. The zero-order chi connectivity index (χ0) is 22.7. The Hall–Kier alpha value is -2.54. The second-order valence-electron chi connectivity index (χ2n) is 8.58. The molecule has 2 heterocycles. The summed E-state index contributed by atoms with van der Waals surface area (Å²) in [5.74, 6) is 0.351. The highest BCUT2D eigenvalue weighted by atomic mass is 32.2. The Labute approximate surface area is 188 Å². The lowest BCUT2D eigenvalue weighted by Gasteiger charge is -2.36. The molecular weight excluding hydrogens is 410 g/mol. The van der Waals surface area contributed by atoms with Gasteiger partial charge in [-0.3, -0.25) is 4.79 Å². The third-order valence-electron chi connectivity index (χ3n) is 5.37. The molecule has 1 aromatic rings. The fourth-order valence-corrected chi connectivity index (χ4v) is 4.63. The van der Waals surface area contributed by atoms with Crippen LogP contribution >= 0.6 is 11.8 Å². The van der Waals surface area contributed by atoms with Crippen molar-refractivity contribution >= 4 is 28.8 Å². The topological polar surface area (TPSA) is 71.0 Å². The number of rotatable bonds is 7. The van der Waals surface area contributed by atoms with Crippen LogP contribution in [-0.4, -0.2) is 35.6 Å². The predicted molar refractivity (Wildman–Crippen MR) is 125 cm³/mol. The van der Waals surface area contributed by atoms with Crippen LogP contribution in [0.25, 0.3) is 0 Å². The highest BCUT2D eigenvalue weighted by Crippen LogP contribution is 2.44. The standard InChI is InChI=1S/C24H31N3O3S/c1-14(2)12-25-20(28)11-19-13-31-24-26-16(5)21(23(29)30-6)22(27(19)24)18-9-7-17(8-10-18)15(3)4/h7-10,13-15,22H,11-12H2,1-6H3,(H,25,28). The van der Waals surface area contributed by atoms with Gasteiger partial charge in [0.1, 0.15) is 0 Å². The average Bonchev–Trinajstić information content (AvgIpc) is 3.12. The predicted octanol–water partition coefficient (Wildman–Crippen LogP) is 4.72. The van der Waals surface area contributed by atoms with Gasteiger partial charge in [0.05, 0.1) is 30.8 Å². The molecule has 0 spiro atoms. The number of benzene rings is 1. The lowest BCUT2D eigenvalue weighted by atomic mass is 9.92. The number of esters is 1. The maximum Gasteiger partial charge on any atom is 0.338 e. The summed E-state index contributed by atoms with van der Waals surface area (Å²) >= 11 is 1.48. The molecule has 31 heavy (non-hydrogen) atoms. The van der Waals surface area contributed by atoms with Crippen molar-refractivity contribution in [3.8, 4) is 0 Å². The van der Waals surface area contributed by atoms with E-state index in [2.05, 4.69) is 62.3 Å². The fraction of sp³-hybridized carbons (Fsp3) is 0.458. The van der Waals surface area contributed by atoms with Crippen LogP contribution in [0.1, 0.15) is 64.1 Å². The second kappa shape index (κ2) is 9.73. The van der Waals surface area contributed by atoms with Crippen molar-refractivity contribution in [3.05, 3.63) is 57.8 Å². The number of amidine groups is 1. The summed E-state index contributed by atoms with van der Waals surface area (Å²) in [6, 6.07) is 7.91. The van der Waals surface area contributed by atoms with Gasteiger partial charge in [-0.25, -0.2) is 9.79 Å². The minimum Gasteiger partial charge on any atom is -0.466 e. The molecule has 0 saturated heterocycles. The minimum atomic E-state index is -0.404. The molecule has 0 aliphatic carbocycles. The van der Waals surface area contributed by atoms with E-state index in [1.807, 2.05) is 17.2 Å². The van der Waals surface area contributed by atoms with Crippen LogP contribution in [0.4, 0.5) is 0 Å². The molecule has 0 radical (unpaired) electrons. The minimum absolute atomic E-state index is 0.0402. The molecule has 1 aromatic carbocycles. The van der Waals surface area contributed by atoms with Gasteiger partial charge in [-0.05, 0) is 35.3 Å². The first-order valence-electron chi connectivity index (χ1n) is 10.6. The van der Waals surface area contributed by atoms with Crippen LogP contribution in [0.3, 0.4) is 0 Å². The van der Waals surface area contributed by atoms with Gasteiger partial charge in [-0.1, -0.05) is 63.7 Å². The number of aliphatic imine (C=N–C) groups is 1. The number of amides is 1. The van der Waals surface area contributed by atoms with Gasteiger partial charge >= 0.3 is 5.97 Å². The maximum atomic E-state index is 12.7. The summed E-state index contributed by atoms with van der Waals surface area (Å²) in [5.41, 5.74) is 4.17. The number of carbonyl (C=O) groups is 2. The number of carbonyl (C=O) groups excluding carboxylic acids is 2. The summed E-state index contributed by atoms with van der Waals surface area (Å²) in [7, 11) is 1.38. The maximum absolute atomic E-state index is 12.7. The van der Waals surface area contributed by atoms with Crippen LogP contribution in [0, 0.1) is 5.92 Å². The molecule has 6 nitrogen and oxygen atoms in total. The molecule has 1 amide bonds. The number of hydrogen-bond donors (Lipinski definition) is 1. The number of hydrogen-bond acceptors (Lipinski definition) is 6.